The zero-order chi connectivity index (χ0) is 49.9. The van der Waals surface area contributed by atoms with Crippen LogP contribution < -0.4 is 0 Å². The molecule has 0 nitrogen and oxygen atoms in total. The largest absolute Gasteiger partial charge is 0.0630 e. The van der Waals surface area contributed by atoms with Crippen LogP contribution in [0.1, 0.15) is 56.5 Å². The number of hydrogen-bond acceptors (Lipinski definition) is 0. The van der Waals surface area contributed by atoms with Crippen molar-refractivity contribution in [3.63, 3.8) is 0 Å². The van der Waals surface area contributed by atoms with Crippen molar-refractivity contribution in [2.75, 3.05) is 0 Å². The molecule has 0 bridgehead atoms. The summed E-state index contributed by atoms with van der Waals surface area (Å²) in [6.45, 7) is 3.19. The maximum absolute atomic E-state index is 9.72. The molecule has 9 aromatic carbocycles. The zero-order valence-electron chi connectivity index (χ0n) is 46.6. The molecule has 0 aliphatic heterocycles. The Bertz CT molecular complexity index is 3930. The normalized spacial score (nSPS) is 20.9. The topological polar surface area (TPSA) is 0 Å². The predicted molar refractivity (Wildman–Crippen MR) is 194 cm³/mol. The number of benzene rings is 9. The lowest BCUT2D eigenvalue weighted by Crippen LogP contribution is -2.23. The minimum absolute atomic E-state index is 0.0123. The average molecular weight is 594 g/mol. The lowest BCUT2D eigenvalue weighted by atomic mass is 9.68. The van der Waals surface area contributed by atoms with Crippen LogP contribution in [-0.4, -0.2) is 0 Å². The van der Waals surface area contributed by atoms with Crippen molar-refractivity contribution in [3.8, 4) is 33.4 Å². The van der Waals surface area contributed by atoms with Gasteiger partial charge in [-0.25, -0.2) is 0 Å². The Hall–Kier alpha value is -5.46. The lowest BCUT2D eigenvalue weighted by molar-refractivity contribution is 0.645. The maximum Gasteiger partial charge on any atom is 0.0630 e. The summed E-state index contributed by atoms with van der Waals surface area (Å²) < 4.78 is 209. The van der Waals surface area contributed by atoms with Gasteiger partial charge in [-0.3, -0.25) is 0 Å². The van der Waals surface area contributed by atoms with E-state index in [1.54, 1.807) is 13.8 Å². The Morgan fingerprint density at radius 3 is 1.76 bits per heavy atom. The average Bonchev–Trinajstić information content (AvgIpc) is 3.28. The maximum atomic E-state index is 9.72. The zero-order valence-corrected chi connectivity index (χ0v) is 23.6. The van der Waals surface area contributed by atoms with Crippen molar-refractivity contribution in [2.45, 2.75) is 19.3 Å². The molecule has 0 unspecified atom stereocenters. The van der Waals surface area contributed by atoms with E-state index < -0.39 is 183 Å². The molecule has 0 heterocycles. The van der Waals surface area contributed by atoms with Crippen LogP contribution in [0.3, 0.4) is 0 Å². The van der Waals surface area contributed by atoms with Gasteiger partial charge in [0.05, 0.1) is 31.5 Å². The third-order valence-electron chi connectivity index (χ3n) is 8.73. The Balaban J connectivity index is 1.43. The van der Waals surface area contributed by atoms with E-state index in [9.17, 15) is 12.3 Å². The van der Waals surface area contributed by atoms with Gasteiger partial charge in [-0.15, -0.1) is 0 Å². The Labute approximate surface area is 294 Å². The highest BCUT2D eigenvalue weighted by Crippen LogP contribution is 2.50. The van der Waals surface area contributed by atoms with Crippen LogP contribution in [0.25, 0.3) is 87.2 Å². The lowest BCUT2D eigenvalue weighted by Gasteiger charge is -2.35. The fourth-order valence-corrected chi connectivity index (χ4v) is 6.62. The molecule has 1 aliphatic rings. The smallest absolute Gasteiger partial charge is 0.0616 e. The van der Waals surface area contributed by atoms with E-state index >= 15 is 0 Å². The molecule has 0 N–H and O–H groups in total. The molecule has 210 valence electrons. The van der Waals surface area contributed by atoms with E-state index in [4.69, 9.17) is 19.2 Å². The number of rotatable bonds is 2. The van der Waals surface area contributed by atoms with Crippen LogP contribution in [0.4, 0.5) is 0 Å². The highest BCUT2D eigenvalue weighted by Gasteiger charge is 2.33. The summed E-state index contributed by atoms with van der Waals surface area (Å²) in [5.41, 5.74) is -3.47. The molecule has 0 amide bonds. The second kappa shape index (κ2) is 8.80. The van der Waals surface area contributed by atoms with Crippen molar-refractivity contribution in [1.82, 2.24) is 0 Å². The third kappa shape index (κ3) is 3.32. The number of fused-ring (bicyclic) bond motifs is 3. The van der Waals surface area contributed by atoms with Gasteiger partial charge in [0.25, 0.3) is 0 Å². The van der Waals surface area contributed by atoms with E-state index in [0.29, 0.717) is 0 Å². The van der Waals surface area contributed by atoms with E-state index in [-0.39, 0.29) is 60.1 Å². The fraction of sp³-hybridized carbons (Fsp3) is 0.0667. The molecule has 0 saturated heterocycles. The van der Waals surface area contributed by atoms with Crippen molar-refractivity contribution >= 4 is 53.9 Å². The summed E-state index contributed by atoms with van der Waals surface area (Å²) >= 11 is 0. The quantitative estimate of drug-likeness (QED) is 0.175. The molecule has 0 radical (unpaired) electrons. The fourth-order valence-electron chi connectivity index (χ4n) is 6.62. The summed E-state index contributed by atoms with van der Waals surface area (Å²) in [7, 11) is 0. The van der Waals surface area contributed by atoms with E-state index in [2.05, 4.69) is 0 Å². The van der Waals surface area contributed by atoms with E-state index in [0.717, 1.165) is 0 Å². The summed E-state index contributed by atoms with van der Waals surface area (Å²) in [6, 6.07) is -14.7. The van der Waals surface area contributed by atoms with Crippen molar-refractivity contribution in [2.24, 2.45) is 0 Å². The van der Waals surface area contributed by atoms with Crippen LogP contribution in [0.2, 0.25) is 0 Å². The third-order valence-corrected chi connectivity index (χ3v) is 8.73. The van der Waals surface area contributed by atoms with Crippen LogP contribution in [0.15, 0.2) is 145 Å². The molecular weight excluding hydrogens is 540 g/mol. The van der Waals surface area contributed by atoms with Crippen LogP contribution in [0, 0.1) is 0 Å². The van der Waals surface area contributed by atoms with Gasteiger partial charge in [0.2, 0.25) is 0 Å². The summed E-state index contributed by atoms with van der Waals surface area (Å²) in [6.07, 6.45) is 0. The van der Waals surface area contributed by atoms with Gasteiger partial charge >= 0.3 is 0 Å². The van der Waals surface area contributed by atoms with Crippen LogP contribution >= 0.6 is 0 Å². The molecule has 0 fully saturated rings. The molecule has 0 spiro atoms. The van der Waals surface area contributed by atoms with Gasteiger partial charge in [-0.05, 0) is 104 Å². The van der Waals surface area contributed by atoms with Gasteiger partial charge in [-0.2, -0.15) is 0 Å². The first-order chi connectivity index (χ1) is 31.7. The Kier molecular flexibility index (Phi) is 2.25. The van der Waals surface area contributed by atoms with Crippen LogP contribution in [0.5, 0.6) is 0 Å². The standard InChI is InChI=1S/C45H30/c1-45(2)40-25-20-31(26-39(40)37-14-6-10-27-11-7-15-41(45)43(27)37)32-23-24-35(34-13-4-3-12-33(32)34)36-21-18-30-17-16-28-8-5-9-29-19-22-38(36)44(30)42(28)29/h3-26H,1-2H3/i3D,4D,5D,6D,7D,8D,9D,10D,11D,12D,13D,14D,15D,16D,17D,18D,19D,20D,21D,22D,23D,24D,25D. The molecule has 0 saturated carbocycles. The molecule has 10 rings (SSSR count). The first-order valence-corrected chi connectivity index (χ1v) is 14.1. The minimum Gasteiger partial charge on any atom is -0.0616 e. The van der Waals surface area contributed by atoms with E-state index in [1.165, 1.54) is 6.07 Å². The molecule has 45 heavy (non-hydrogen) atoms. The van der Waals surface area contributed by atoms with Gasteiger partial charge in [0, 0.05) is 5.41 Å². The van der Waals surface area contributed by atoms with Gasteiger partial charge in [0.15, 0.2) is 0 Å². The second-order valence-corrected chi connectivity index (χ2v) is 11.5. The second-order valence-electron chi connectivity index (χ2n) is 11.5. The van der Waals surface area contributed by atoms with Crippen molar-refractivity contribution < 1.29 is 31.5 Å². The monoisotopic (exact) mass is 593 g/mol. The molecular formula is C45H30. The summed E-state index contributed by atoms with van der Waals surface area (Å²) in [5.74, 6) is 0. The van der Waals surface area contributed by atoms with Gasteiger partial charge in [0.1, 0.15) is 0 Å². The molecule has 0 aromatic heterocycles. The summed E-state index contributed by atoms with van der Waals surface area (Å²) in [4.78, 5) is 0. The molecule has 0 heteroatoms. The highest BCUT2D eigenvalue weighted by molar-refractivity contribution is 6.26. The minimum atomic E-state index is -1.43. The number of hydrogen-bond donors (Lipinski definition) is 0. The Morgan fingerprint density at radius 2 is 0.956 bits per heavy atom. The van der Waals surface area contributed by atoms with Crippen molar-refractivity contribution in [3.05, 3.63) is 156 Å². The van der Waals surface area contributed by atoms with Gasteiger partial charge in [-0.1, -0.05) is 153 Å². The SMILES string of the molecule is [2H]c1c(-c2c([2H])c([2H])c(-c3c([2H])c([2H])c4c([2H])c([2H])c5c([2H])c([2H])c([2H])c6c([2H])c([2H])c3c4c56)c3c([2H])c([2H])c([2H])c([2H])c23)cc2c(c1[2H])C(C)(C)c1c([2H])c([2H])c([2H])c3c([2H])c([2H])c([2H])c-2c13. The van der Waals surface area contributed by atoms with Crippen LogP contribution in [-0.2, 0) is 5.41 Å². The first kappa shape index (κ1) is 11.5. The summed E-state index contributed by atoms with van der Waals surface area (Å²) in [5, 5.41) is -3.26. The van der Waals surface area contributed by atoms with E-state index in [1.807, 2.05) is 0 Å². The van der Waals surface area contributed by atoms with Gasteiger partial charge < -0.3 is 0 Å². The molecule has 0 atom stereocenters. The van der Waals surface area contributed by atoms with Crippen molar-refractivity contribution in [1.29, 1.82) is 0 Å². The molecule has 9 aromatic rings. The predicted octanol–water partition coefficient (Wildman–Crippen LogP) is 12.5. The Morgan fingerprint density at radius 1 is 0.378 bits per heavy atom. The highest BCUT2D eigenvalue weighted by atomic mass is 14.4. The first-order valence-electron chi connectivity index (χ1n) is 25.6. The molecule has 1 aliphatic carbocycles.